The van der Waals surface area contributed by atoms with Crippen LogP contribution in [-0.2, 0) is 0 Å². The molecule has 0 aromatic heterocycles. The number of fused-ring (bicyclic) bond motifs is 1. The van der Waals surface area contributed by atoms with Gasteiger partial charge in [0.05, 0.1) is 11.0 Å². The molecule has 1 aliphatic rings. The van der Waals surface area contributed by atoms with Crippen LogP contribution >= 0.6 is 12.2 Å². The van der Waals surface area contributed by atoms with Crippen LogP contribution in [0, 0.1) is 10.1 Å². The van der Waals surface area contributed by atoms with Crippen molar-refractivity contribution in [1.29, 1.82) is 0 Å². The van der Waals surface area contributed by atoms with Gasteiger partial charge in [-0.25, -0.2) is 0 Å². The Morgan fingerprint density at radius 2 is 2.04 bits per heavy atom. The Morgan fingerprint density at radius 3 is 2.83 bits per heavy atom. The number of non-ortho nitro benzene ring substituents is 1. The van der Waals surface area contributed by atoms with E-state index in [0.29, 0.717) is 16.5 Å². The van der Waals surface area contributed by atoms with E-state index < -0.39 is 4.92 Å². The fourth-order valence-electron chi connectivity index (χ4n) is 2.33. The number of anilines is 1. The Hall–Kier alpha value is -2.87. The van der Waals surface area contributed by atoms with E-state index in [2.05, 4.69) is 10.6 Å². The lowest BCUT2D eigenvalue weighted by atomic mass is 10.1. The number of rotatable bonds is 4. The molecule has 2 N–H and O–H groups in total. The molecule has 0 fully saturated rings. The summed E-state index contributed by atoms with van der Waals surface area (Å²) in [6.45, 7) is 2.19. The molecule has 1 atom stereocenters. The largest absolute Gasteiger partial charge is 0.454 e. The topological polar surface area (TPSA) is 85.7 Å². The van der Waals surface area contributed by atoms with Crippen LogP contribution in [0.3, 0.4) is 0 Å². The molecule has 1 unspecified atom stereocenters. The Labute approximate surface area is 143 Å². The van der Waals surface area contributed by atoms with Crippen LogP contribution in [0.15, 0.2) is 42.5 Å². The SMILES string of the molecule is CC(NC(=S)Nc1cccc([N+](=O)[O-])c1)c1ccc2c(c1)OCO2. The maximum atomic E-state index is 10.8. The van der Waals surface area contributed by atoms with E-state index in [1.807, 2.05) is 25.1 Å². The fourth-order valence-corrected chi connectivity index (χ4v) is 2.62. The molecule has 0 amide bonds. The summed E-state index contributed by atoms with van der Waals surface area (Å²) in [5.41, 5.74) is 1.55. The number of nitro groups is 1. The Kier molecular flexibility index (Phi) is 4.48. The molecule has 0 saturated carbocycles. The smallest absolute Gasteiger partial charge is 0.271 e. The van der Waals surface area contributed by atoms with Crippen molar-refractivity contribution in [3.05, 3.63) is 58.1 Å². The van der Waals surface area contributed by atoms with Gasteiger partial charge >= 0.3 is 0 Å². The first-order valence-corrected chi connectivity index (χ1v) is 7.65. The van der Waals surface area contributed by atoms with E-state index >= 15 is 0 Å². The van der Waals surface area contributed by atoms with Crippen molar-refractivity contribution in [2.75, 3.05) is 12.1 Å². The molecule has 3 rings (SSSR count). The highest BCUT2D eigenvalue weighted by Crippen LogP contribution is 2.34. The van der Waals surface area contributed by atoms with E-state index in [-0.39, 0.29) is 18.5 Å². The molecule has 2 aromatic rings. The highest BCUT2D eigenvalue weighted by molar-refractivity contribution is 7.80. The van der Waals surface area contributed by atoms with Gasteiger partial charge in [0.15, 0.2) is 16.6 Å². The van der Waals surface area contributed by atoms with Crippen LogP contribution in [0.4, 0.5) is 11.4 Å². The maximum Gasteiger partial charge on any atom is 0.271 e. The summed E-state index contributed by atoms with van der Waals surface area (Å²) in [5, 5.41) is 17.3. The molecule has 7 nitrogen and oxygen atoms in total. The minimum absolute atomic E-state index is 0.00613. The molecule has 8 heteroatoms. The molecule has 0 radical (unpaired) electrons. The molecule has 0 aliphatic carbocycles. The zero-order valence-corrected chi connectivity index (χ0v) is 13.6. The summed E-state index contributed by atoms with van der Waals surface area (Å²) in [4.78, 5) is 10.4. The summed E-state index contributed by atoms with van der Waals surface area (Å²) in [6.07, 6.45) is 0. The lowest BCUT2D eigenvalue weighted by Gasteiger charge is -2.17. The number of ether oxygens (including phenoxy) is 2. The van der Waals surface area contributed by atoms with Crippen LogP contribution in [0.25, 0.3) is 0 Å². The predicted molar refractivity (Wildman–Crippen MR) is 93.4 cm³/mol. The zero-order chi connectivity index (χ0) is 17.1. The quantitative estimate of drug-likeness (QED) is 0.499. The van der Waals surface area contributed by atoms with Crippen molar-refractivity contribution in [2.45, 2.75) is 13.0 Å². The number of nitrogens with one attached hydrogen (secondary N) is 2. The molecule has 1 aliphatic heterocycles. The number of benzene rings is 2. The van der Waals surface area contributed by atoms with Crippen molar-refractivity contribution in [1.82, 2.24) is 5.32 Å². The lowest BCUT2D eigenvalue weighted by Crippen LogP contribution is -2.30. The second kappa shape index (κ2) is 6.71. The van der Waals surface area contributed by atoms with Gasteiger partial charge in [-0.15, -0.1) is 0 Å². The van der Waals surface area contributed by atoms with Gasteiger partial charge in [0.2, 0.25) is 6.79 Å². The average molecular weight is 345 g/mol. The summed E-state index contributed by atoms with van der Waals surface area (Å²) in [5.74, 6) is 1.43. The first-order chi connectivity index (χ1) is 11.5. The van der Waals surface area contributed by atoms with Crippen LogP contribution < -0.4 is 20.1 Å². The predicted octanol–water partition coefficient (Wildman–Crippen LogP) is 3.37. The van der Waals surface area contributed by atoms with E-state index in [4.69, 9.17) is 21.7 Å². The van der Waals surface area contributed by atoms with Gasteiger partial charge in [0, 0.05) is 17.8 Å². The highest BCUT2D eigenvalue weighted by Gasteiger charge is 2.16. The molecule has 124 valence electrons. The summed E-state index contributed by atoms with van der Waals surface area (Å²) in [6, 6.07) is 11.8. The second-order valence-corrected chi connectivity index (χ2v) is 5.65. The summed E-state index contributed by atoms with van der Waals surface area (Å²) >= 11 is 5.27. The Morgan fingerprint density at radius 1 is 1.25 bits per heavy atom. The van der Waals surface area contributed by atoms with E-state index in [9.17, 15) is 10.1 Å². The standard InChI is InChI=1S/C16H15N3O4S/c1-10(11-5-6-14-15(7-11)23-9-22-14)17-16(24)18-12-3-2-4-13(8-12)19(20)21/h2-8,10H,9H2,1H3,(H2,17,18,24). The number of nitrogens with zero attached hydrogens (tertiary/aromatic N) is 1. The van der Waals surface area contributed by atoms with E-state index in [1.165, 1.54) is 12.1 Å². The third-order valence-corrected chi connectivity index (χ3v) is 3.78. The Balaban J connectivity index is 1.64. The summed E-state index contributed by atoms with van der Waals surface area (Å²) in [7, 11) is 0. The van der Waals surface area contributed by atoms with E-state index in [1.54, 1.807) is 12.1 Å². The zero-order valence-electron chi connectivity index (χ0n) is 12.8. The van der Waals surface area contributed by atoms with Crippen LogP contribution in [0.5, 0.6) is 11.5 Å². The van der Waals surface area contributed by atoms with Crippen molar-refractivity contribution < 1.29 is 14.4 Å². The molecule has 2 aromatic carbocycles. The number of hydrogen-bond acceptors (Lipinski definition) is 5. The van der Waals surface area contributed by atoms with Crippen molar-refractivity contribution in [3.63, 3.8) is 0 Å². The van der Waals surface area contributed by atoms with Crippen molar-refractivity contribution in [2.24, 2.45) is 0 Å². The molecule has 0 spiro atoms. The third-order valence-electron chi connectivity index (χ3n) is 3.56. The monoisotopic (exact) mass is 345 g/mol. The van der Waals surface area contributed by atoms with Gasteiger partial charge < -0.3 is 20.1 Å². The molecule has 1 heterocycles. The molecule has 0 bridgehead atoms. The fraction of sp³-hybridized carbons (Fsp3) is 0.188. The van der Waals surface area contributed by atoms with Crippen LogP contribution in [0.2, 0.25) is 0 Å². The number of thiocarbonyl (C=S) groups is 1. The number of hydrogen-bond donors (Lipinski definition) is 2. The van der Waals surface area contributed by atoms with Crippen molar-refractivity contribution in [3.8, 4) is 11.5 Å². The minimum atomic E-state index is -0.448. The van der Waals surface area contributed by atoms with E-state index in [0.717, 1.165) is 11.3 Å². The maximum absolute atomic E-state index is 10.8. The Bertz CT molecular complexity index is 797. The van der Waals surface area contributed by atoms with Gasteiger partial charge in [-0.2, -0.15) is 0 Å². The van der Waals surface area contributed by atoms with Gasteiger partial charge in [-0.05, 0) is 42.9 Å². The highest BCUT2D eigenvalue weighted by atomic mass is 32.1. The molecule has 24 heavy (non-hydrogen) atoms. The van der Waals surface area contributed by atoms with Gasteiger partial charge in [0.25, 0.3) is 5.69 Å². The second-order valence-electron chi connectivity index (χ2n) is 5.24. The lowest BCUT2D eigenvalue weighted by molar-refractivity contribution is -0.384. The number of nitro benzene ring substituents is 1. The first-order valence-electron chi connectivity index (χ1n) is 7.24. The third kappa shape index (κ3) is 3.54. The first kappa shape index (κ1) is 16.0. The van der Waals surface area contributed by atoms with Crippen molar-refractivity contribution >= 4 is 28.7 Å². The average Bonchev–Trinajstić information content (AvgIpc) is 3.02. The van der Waals surface area contributed by atoms with Gasteiger partial charge in [0.1, 0.15) is 0 Å². The minimum Gasteiger partial charge on any atom is -0.454 e. The molecule has 0 saturated heterocycles. The van der Waals surface area contributed by atoms with Gasteiger partial charge in [-0.3, -0.25) is 10.1 Å². The normalized spacial score (nSPS) is 13.2. The molecular formula is C16H15N3O4S. The van der Waals surface area contributed by atoms with Crippen LogP contribution in [-0.4, -0.2) is 16.8 Å². The molecular weight excluding hydrogens is 330 g/mol. The van der Waals surface area contributed by atoms with Crippen LogP contribution in [0.1, 0.15) is 18.5 Å². The van der Waals surface area contributed by atoms with Gasteiger partial charge in [-0.1, -0.05) is 12.1 Å². The summed E-state index contributed by atoms with van der Waals surface area (Å²) < 4.78 is 10.7.